The van der Waals surface area contributed by atoms with Crippen molar-refractivity contribution in [2.75, 3.05) is 13.2 Å². The van der Waals surface area contributed by atoms with E-state index in [1.807, 2.05) is 0 Å². The number of hydrogen-bond donors (Lipinski definition) is 0. The van der Waals surface area contributed by atoms with Crippen molar-refractivity contribution in [2.45, 2.75) is 6.32 Å². The molecule has 1 fully saturated rings. The van der Waals surface area contributed by atoms with Gasteiger partial charge in [-0.3, -0.25) is 0 Å². The molecule has 0 aromatic carbocycles. The van der Waals surface area contributed by atoms with Gasteiger partial charge in [0, 0.05) is 0 Å². The van der Waals surface area contributed by atoms with E-state index in [1.54, 1.807) is 0 Å². The van der Waals surface area contributed by atoms with Crippen LogP contribution in [-0.2, 0) is 9.53 Å². The second kappa shape index (κ2) is 3.40. The summed E-state index contributed by atoms with van der Waals surface area (Å²) in [6.07, 6.45) is 1.30. The van der Waals surface area contributed by atoms with Crippen LogP contribution in [0, 0.1) is 5.41 Å². The third-order valence-corrected chi connectivity index (χ3v) is 1.44. The van der Waals surface area contributed by atoms with E-state index in [2.05, 4.69) is 0 Å². The summed E-state index contributed by atoms with van der Waals surface area (Å²) in [5.74, 6) is 0. The predicted octanol–water partition coefficient (Wildman–Crippen LogP) is -0.860. The molecule has 1 heterocycles. The Balaban J connectivity index is 0.000000640. The molecule has 1 aliphatic rings. The summed E-state index contributed by atoms with van der Waals surface area (Å²) in [6.45, 7) is 1.01. The molecule has 0 amide bonds. The van der Waals surface area contributed by atoms with Crippen molar-refractivity contribution in [1.82, 2.24) is 0 Å². The molecular formula is C5H8BO2Se. The minimum atomic E-state index is -0.319. The third-order valence-electron chi connectivity index (χ3n) is 1.44. The summed E-state index contributed by atoms with van der Waals surface area (Å²) in [6, 6.07) is 0. The fourth-order valence-corrected chi connectivity index (χ4v) is 0.598. The van der Waals surface area contributed by atoms with Crippen molar-refractivity contribution in [3.05, 3.63) is 0 Å². The van der Waals surface area contributed by atoms with E-state index < -0.39 is 0 Å². The average Bonchev–Trinajstić information content (AvgIpc) is 1.67. The molecule has 0 N–H and O–H groups in total. The first-order chi connectivity index (χ1) is 3.83. The number of aldehydes is 1. The Morgan fingerprint density at radius 3 is 2.22 bits per heavy atom. The molecule has 49 valence electrons. The van der Waals surface area contributed by atoms with Crippen LogP contribution in [0.5, 0.6) is 0 Å². The van der Waals surface area contributed by atoms with E-state index in [9.17, 15) is 4.79 Å². The molecular weight excluding hydrogens is 182 g/mol. The zero-order valence-electron chi connectivity index (χ0n) is 5.04. The van der Waals surface area contributed by atoms with Gasteiger partial charge in [0.25, 0.3) is 0 Å². The minimum absolute atomic E-state index is 0. The zero-order valence-corrected chi connectivity index (χ0v) is 6.92. The quantitative estimate of drug-likeness (QED) is 0.418. The van der Waals surface area contributed by atoms with Crippen LogP contribution in [0.1, 0.15) is 0 Å². The van der Waals surface area contributed by atoms with Crippen molar-refractivity contribution < 1.29 is 9.53 Å². The van der Waals surface area contributed by atoms with Crippen LogP contribution in [0.15, 0.2) is 0 Å². The summed E-state index contributed by atoms with van der Waals surface area (Å²) in [7, 11) is 5.27. The van der Waals surface area contributed by atoms with E-state index in [-0.39, 0.29) is 22.5 Å². The molecule has 0 bridgehead atoms. The van der Waals surface area contributed by atoms with Gasteiger partial charge in [-0.15, -0.1) is 0 Å². The summed E-state index contributed by atoms with van der Waals surface area (Å²) >= 11 is 0. The first-order valence-electron chi connectivity index (χ1n) is 2.57. The molecule has 0 aliphatic carbocycles. The number of ether oxygens (including phenoxy) is 1. The van der Waals surface area contributed by atoms with Crippen molar-refractivity contribution in [2.24, 2.45) is 5.41 Å². The van der Waals surface area contributed by atoms with E-state index in [1.165, 1.54) is 0 Å². The van der Waals surface area contributed by atoms with Gasteiger partial charge in [0.15, 0.2) is 0 Å². The Bertz CT molecular complexity index is 97.6. The van der Waals surface area contributed by atoms with Gasteiger partial charge in [-0.2, -0.15) is 0 Å². The Labute approximate surface area is 66.2 Å². The number of rotatable bonds is 2. The first kappa shape index (κ1) is 9.21. The van der Waals surface area contributed by atoms with E-state index >= 15 is 0 Å². The van der Waals surface area contributed by atoms with Gasteiger partial charge in [0.05, 0.1) is 26.5 Å². The molecule has 0 saturated carbocycles. The maximum absolute atomic E-state index is 10.2. The molecule has 9 heavy (non-hydrogen) atoms. The summed E-state index contributed by atoms with van der Waals surface area (Å²) in [5.41, 5.74) is -0.319. The van der Waals surface area contributed by atoms with Crippen LogP contribution in [0.2, 0.25) is 6.32 Å². The molecule has 4 heteroatoms. The summed E-state index contributed by atoms with van der Waals surface area (Å²) in [5, 5.41) is 0. The van der Waals surface area contributed by atoms with Gasteiger partial charge in [-0.05, 0) is 0 Å². The van der Waals surface area contributed by atoms with Crippen LogP contribution in [-0.4, -0.2) is 44.4 Å². The molecule has 0 atom stereocenters. The summed E-state index contributed by atoms with van der Waals surface area (Å²) in [4.78, 5) is 10.2. The van der Waals surface area contributed by atoms with Crippen LogP contribution >= 0.6 is 0 Å². The van der Waals surface area contributed by atoms with Gasteiger partial charge in [0.2, 0.25) is 0 Å². The molecule has 2 nitrogen and oxygen atoms in total. The molecule has 0 spiro atoms. The van der Waals surface area contributed by atoms with Crippen LogP contribution in [0.25, 0.3) is 0 Å². The van der Waals surface area contributed by atoms with Gasteiger partial charge in [-0.1, -0.05) is 6.32 Å². The fourth-order valence-electron chi connectivity index (χ4n) is 0.598. The van der Waals surface area contributed by atoms with Crippen molar-refractivity contribution in [3.8, 4) is 0 Å². The van der Waals surface area contributed by atoms with Crippen molar-refractivity contribution >= 4 is 31.2 Å². The fraction of sp³-hybridized carbons (Fsp3) is 0.800. The van der Waals surface area contributed by atoms with Gasteiger partial charge in [0.1, 0.15) is 6.29 Å². The molecule has 0 aromatic rings. The summed E-state index contributed by atoms with van der Waals surface area (Å²) < 4.78 is 4.81. The Morgan fingerprint density at radius 1 is 1.67 bits per heavy atom. The van der Waals surface area contributed by atoms with Crippen molar-refractivity contribution in [1.29, 1.82) is 0 Å². The molecule has 1 aliphatic heterocycles. The molecule has 1 saturated heterocycles. The standard InChI is InChI=1S/C5H7BO2.HSe/c6-1-5(2-7)3-8-4-5;/h2H,1,3-4H2;1H. The SMILES string of the molecule is [B]CC1(C=O)COC1.[SeH]. The molecule has 3 radical (unpaired) electrons. The Morgan fingerprint density at radius 2 is 2.22 bits per heavy atom. The first-order valence-corrected chi connectivity index (χ1v) is 2.57. The number of carbonyl (C=O) groups excluding carboxylic acids is 1. The monoisotopic (exact) mass is 191 g/mol. The van der Waals surface area contributed by atoms with E-state index in [4.69, 9.17) is 12.6 Å². The van der Waals surface area contributed by atoms with Crippen molar-refractivity contribution in [3.63, 3.8) is 0 Å². The number of hydrogen-bond acceptors (Lipinski definition) is 2. The third kappa shape index (κ3) is 1.57. The van der Waals surface area contributed by atoms with Crippen LogP contribution < -0.4 is 0 Å². The predicted molar refractivity (Wildman–Crippen MR) is 37.0 cm³/mol. The van der Waals surface area contributed by atoms with Crippen LogP contribution in [0.3, 0.4) is 0 Å². The Kier molecular flexibility index (Phi) is 3.48. The Hall–Kier alpha value is 0.214. The molecule has 0 unspecified atom stereocenters. The van der Waals surface area contributed by atoms with E-state index in [0.717, 1.165) is 6.29 Å². The van der Waals surface area contributed by atoms with Gasteiger partial charge in [-0.25, -0.2) is 0 Å². The maximum atomic E-state index is 10.2. The average molecular weight is 190 g/mol. The molecule has 1 rings (SSSR count). The van der Waals surface area contributed by atoms with E-state index in [0.29, 0.717) is 19.5 Å². The van der Waals surface area contributed by atoms with Gasteiger partial charge < -0.3 is 9.53 Å². The normalized spacial score (nSPS) is 21.3. The molecule has 0 aromatic heterocycles. The van der Waals surface area contributed by atoms with Crippen LogP contribution in [0.4, 0.5) is 0 Å². The zero-order chi connectivity index (χ0) is 6.04. The second-order valence-electron chi connectivity index (χ2n) is 2.18. The second-order valence-corrected chi connectivity index (χ2v) is 2.18. The van der Waals surface area contributed by atoms with Gasteiger partial charge >= 0.3 is 17.1 Å². The number of carbonyl (C=O) groups is 1. The topological polar surface area (TPSA) is 26.3 Å².